The number of nitrogens with one attached hydrogen (secondary N) is 2. The largest absolute Gasteiger partial charge is 0.349 e. The molecule has 1 aliphatic carbocycles. The van der Waals surface area contributed by atoms with Gasteiger partial charge in [-0.05, 0) is 37.1 Å². The number of amides is 1. The van der Waals surface area contributed by atoms with E-state index in [4.69, 9.17) is 23.2 Å². The lowest BCUT2D eigenvalue weighted by Crippen LogP contribution is -2.32. The van der Waals surface area contributed by atoms with Crippen LogP contribution in [0.4, 0.5) is 11.5 Å². The summed E-state index contributed by atoms with van der Waals surface area (Å²) in [6.07, 6.45) is 6.04. The maximum atomic E-state index is 12.2. The van der Waals surface area contributed by atoms with Crippen molar-refractivity contribution in [2.75, 3.05) is 5.32 Å². The molecule has 2 N–H and O–H groups in total. The molecule has 1 fully saturated rings. The standard InChI is InChI=1S/C17H17Cl2N3O/c18-13-6-3-7-14(19)16(13)22-15-9-8-11(10-20-15)17(23)21-12-4-1-2-5-12/h3,6-10,12H,1-2,4-5H2,(H,20,22)(H,21,23). The van der Waals surface area contributed by atoms with Gasteiger partial charge in [0.15, 0.2) is 0 Å². The normalized spacial score (nSPS) is 14.7. The Kier molecular flexibility index (Phi) is 5.03. The second-order valence-corrected chi connectivity index (χ2v) is 6.42. The molecule has 1 aromatic heterocycles. The average Bonchev–Trinajstić information content (AvgIpc) is 3.04. The molecule has 1 aromatic carbocycles. The molecule has 3 rings (SSSR count). The number of pyridine rings is 1. The maximum absolute atomic E-state index is 12.2. The van der Waals surface area contributed by atoms with Gasteiger partial charge in [-0.3, -0.25) is 4.79 Å². The monoisotopic (exact) mass is 349 g/mol. The lowest BCUT2D eigenvalue weighted by atomic mass is 10.2. The summed E-state index contributed by atoms with van der Waals surface area (Å²) in [4.78, 5) is 16.4. The van der Waals surface area contributed by atoms with E-state index >= 15 is 0 Å². The van der Waals surface area contributed by atoms with E-state index in [0.29, 0.717) is 33.2 Å². The van der Waals surface area contributed by atoms with E-state index in [0.717, 1.165) is 12.8 Å². The van der Waals surface area contributed by atoms with Gasteiger partial charge in [-0.2, -0.15) is 0 Å². The predicted octanol–water partition coefficient (Wildman–Crippen LogP) is 4.80. The number of anilines is 2. The van der Waals surface area contributed by atoms with Crippen molar-refractivity contribution in [1.82, 2.24) is 10.3 Å². The molecule has 2 aromatic rings. The zero-order valence-corrected chi connectivity index (χ0v) is 14.0. The third-order valence-corrected chi connectivity index (χ3v) is 4.56. The number of para-hydroxylation sites is 1. The lowest BCUT2D eigenvalue weighted by Gasteiger charge is -2.12. The van der Waals surface area contributed by atoms with Crippen LogP contribution in [0.3, 0.4) is 0 Å². The van der Waals surface area contributed by atoms with E-state index < -0.39 is 0 Å². The lowest BCUT2D eigenvalue weighted by molar-refractivity contribution is 0.0937. The van der Waals surface area contributed by atoms with Crippen molar-refractivity contribution in [2.24, 2.45) is 0 Å². The van der Waals surface area contributed by atoms with E-state index in [1.54, 1.807) is 36.5 Å². The zero-order valence-electron chi connectivity index (χ0n) is 12.5. The highest BCUT2D eigenvalue weighted by molar-refractivity contribution is 6.39. The van der Waals surface area contributed by atoms with Gasteiger partial charge in [-0.1, -0.05) is 42.1 Å². The highest BCUT2D eigenvalue weighted by Gasteiger charge is 2.18. The number of rotatable bonds is 4. The fourth-order valence-electron chi connectivity index (χ4n) is 2.69. The molecule has 0 unspecified atom stereocenters. The van der Waals surface area contributed by atoms with Crippen LogP contribution >= 0.6 is 23.2 Å². The van der Waals surface area contributed by atoms with Gasteiger partial charge in [0, 0.05) is 12.2 Å². The Hall–Kier alpha value is -1.78. The van der Waals surface area contributed by atoms with Gasteiger partial charge in [0.05, 0.1) is 21.3 Å². The molecule has 1 heterocycles. The predicted molar refractivity (Wildman–Crippen MR) is 93.7 cm³/mol. The molecular formula is C17H17Cl2N3O. The van der Waals surface area contributed by atoms with Gasteiger partial charge >= 0.3 is 0 Å². The van der Waals surface area contributed by atoms with Gasteiger partial charge in [-0.25, -0.2) is 4.98 Å². The van der Waals surface area contributed by atoms with Crippen molar-refractivity contribution in [1.29, 1.82) is 0 Å². The number of nitrogens with zero attached hydrogens (tertiary/aromatic N) is 1. The van der Waals surface area contributed by atoms with Gasteiger partial charge in [-0.15, -0.1) is 0 Å². The smallest absolute Gasteiger partial charge is 0.253 e. The van der Waals surface area contributed by atoms with Crippen molar-refractivity contribution < 1.29 is 4.79 Å². The van der Waals surface area contributed by atoms with Gasteiger partial charge in [0.25, 0.3) is 5.91 Å². The Morgan fingerprint density at radius 1 is 1.09 bits per heavy atom. The summed E-state index contributed by atoms with van der Waals surface area (Å²) in [7, 11) is 0. The van der Waals surface area contributed by atoms with Gasteiger partial charge in [0.1, 0.15) is 5.82 Å². The van der Waals surface area contributed by atoms with E-state index in [2.05, 4.69) is 15.6 Å². The molecule has 1 amide bonds. The number of benzene rings is 1. The van der Waals surface area contributed by atoms with E-state index in [-0.39, 0.29) is 5.91 Å². The summed E-state index contributed by atoms with van der Waals surface area (Å²) >= 11 is 12.2. The molecule has 4 nitrogen and oxygen atoms in total. The first-order valence-electron chi connectivity index (χ1n) is 7.61. The second-order valence-electron chi connectivity index (χ2n) is 5.61. The zero-order chi connectivity index (χ0) is 16.2. The molecule has 0 bridgehead atoms. The molecule has 23 heavy (non-hydrogen) atoms. The Bertz CT molecular complexity index is 677. The minimum atomic E-state index is -0.0771. The summed E-state index contributed by atoms with van der Waals surface area (Å²) in [5.41, 5.74) is 1.15. The maximum Gasteiger partial charge on any atom is 0.253 e. The molecule has 1 saturated carbocycles. The number of hydrogen-bond acceptors (Lipinski definition) is 3. The molecule has 6 heteroatoms. The van der Waals surface area contributed by atoms with Crippen LogP contribution in [-0.4, -0.2) is 16.9 Å². The summed E-state index contributed by atoms with van der Waals surface area (Å²) < 4.78 is 0. The van der Waals surface area contributed by atoms with Gasteiger partial charge in [0.2, 0.25) is 0 Å². The SMILES string of the molecule is O=C(NC1CCCC1)c1ccc(Nc2c(Cl)cccc2Cl)nc1. The Morgan fingerprint density at radius 2 is 1.78 bits per heavy atom. The highest BCUT2D eigenvalue weighted by atomic mass is 35.5. The number of halogens is 2. The molecule has 0 radical (unpaired) electrons. The van der Waals surface area contributed by atoms with Crippen LogP contribution < -0.4 is 10.6 Å². The molecule has 0 spiro atoms. The first-order chi connectivity index (χ1) is 11.1. The molecule has 0 aliphatic heterocycles. The van der Waals surface area contributed by atoms with Crippen LogP contribution in [0.15, 0.2) is 36.5 Å². The number of carbonyl (C=O) groups is 1. The van der Waals surface area contributed by atoms with Crippen molar-refractivity contribution >= 4 is 40.6 Å². The van der Waals surface area contributed by atoms with Crippen molar-refractivity contribution in [3.05, 3.63) is 52.1 Å². The third kappa shape index (κ3) is 3.95. The van der Waals surface area contributed by atoms with Crippen molar-refractivity contribution in [3.63, 3.8) is 0 Å². The van der Waals surface area contributed by atoms with Gasteiger partial charge < -0.3 is 10.6 Å². The minimum absolute atomic E-state index is 0.0771. The Balaban J connectivity index is 1.68. The van der Waals surface area contributed by atoms with Crippen LogP contribution in [-0.2, 0) is 0 Å². The molecule has 1 aliphatic rings. The highest BCUT2D eigenvalue weighted by Crippen LogP contribution is 2.31. The number of carbonyl (C=O) groups excluding carboxylic acids is 1. The van der Waals surface area contributed by atoms with E-state index in [1.807, 2.05) is 0 Å². The van der Waals surface area contributed by atoms with Crippen molar-refractivity contribution in [2.45, 2.75) is 31.7 Å². The Labute approximate surface area is 145 Å². The summed E-state index contributed by atoms with van der Waals surface area (Å²) in [6.45, 7) is 0. The second kappa shape index (κ2) is 7.20. The minimum Gasteiger partial charge on any atom is -0.349 e. The van der Waals surface area contributed by atoms with Crippen LogP contribution in [0.2, 0.25) is 10.0 Å². The molecule has 0 atom stereocenters. The molecule has 120 valence electrons. The summed E-state index contributed by atoms with van der Waals surface area (Å²) in [5, 5.41) is 7.15. The fourth-order valence-corrected chi connectivity index (χ4v) is 3.18. The number of hydrogen-bond donors (Lipinski definition) is 2. The van der Waals surface area contributed by atoms with Crippen LogP contribution in [0.1, 0.15) is 36.0 Å². The van der Waals surface area contributed by atoms with E-state index in [1.165, 1.54) is 12.8 Å². The topological polar surface area (TPSA) is 54.0 Å². The molecular weight excluding hydrogens is 333 g/mol. The Morgan fingerprint density at radius 3 is 2.39 bits per heavy atom. The third-order valence-electron chi connectivity index (χ3n) is 3.93. The van der Waals surface area contributed by atoms with E-state index in [9.17, 15) is 4.79 Å². The first-order valence-corrected chi connectivity index (χ1v) is 8.37. The quantitative estimate of drug-likeness (QED) is 0.832. The molecule has 0 saturated heterocycles. The first kappa shape index (κ1) is 16.1. The van der Waals surface area contributed by atoms with Crippen molar-refractivity contribution in [3.8, 4) is 0 Å². The number of aromatic nitrogens is 1. The van der Waals surface area contributed by atoms with Crippen LogP contribution in [0.5, 0.6) is 0 Å². The summed E-state index contributed by atoms with van der Waals surface area (Å²) in [6, 6.07) is 9.05. The fraction of sp³-hybridized carbons (Fsp3) is 0.294. The van der Waals surface area contributed by atoms with Crippen LogP contribution in [0, 0.1) is 0 Å². The average molecular weight is 350 g/mol. The summed E-state index contributed by atoms with van der Waals surface area (Å²) in [5.74, 6) is 0.504. The van der Waals surface area contributed by atoms with Crippen LogP contribution in [0.25, 0.3) is 0 Å².